The number of carbonyl (C=O) groups excluding carboxylic acids is 1. The zero-order valence-electron chi connectivity index (χ0n) is 15.2. The lowest BCUT2D eigenvalue weighted by Gasteiger charge is -2.34. The molecule has 144 valence electrons. The van der Waals surface area contributed by atoms with Gasteiger partial charge in [0.25, 0.3) is 5.91 Å². The van der Waals surface area contributed by atoms with Crippen molar-refractivity contribution in [3.05, 3.63) is 59.7 Å². The van der Waals surface area contributed by atoms with Gasteiger partial charge in [0, 0.05) is 6.54 Å². The molecule has 27 heavy (non-hydrogen) atoms. The van der Waals surface area contributed by atoms with Crippen LogP contribution in [0.3, 0.4) is 0 Å². The third-order valence-electron chi connectivity index (χ3n) is 4.45. The van der Waals surface area contributed by atoms with Crippen LogP contribution in [-0.2, 0) is 32.6 Å². The lowest BCUT2D eigenvalue weighted by molar-refractivity contribution is -0.135. The Balaban J connectivity index is 1.98. The number of fused-ring (bicyclic) bond motifs is 1. The van der Waals surface area contributed by atoms with E-state index in [1.165, 1.54) is 23.5 Å². The molecule has 1 amide bonds. The fourth-order valence-corrected chi connectivity index (χ4v) is 4.72. The molecule has 1 unspecified atom stereocenters. The second-order valence-corrected chi connectivity index (χ2v) is 8.00. The zero-order chi connectivity index (χ0) is 19.4. The van der Waals surface area contributed by atoms with Gasteiger partial charge < -0.3 is 4.74 Å². The van der Waals surface area contributed by atoms with E-state index in [2.05, 4.69) is 5.48 Å². The van der Waals surface area contributed by atoms with Crippen molar-refractivity contribution in [1.82, 2.24) is 9.79 Å². The second kappa shape index (κ2) is 8.08. The molecule has 2 aromatic rings. The summed E-state index contributed by atoms with van der Waals surface area (Å²) in [7, 11) is -2.57. The quantitative estimate of drug-likeness (QED) is 0.762. The highest BCUT2D eigenvalue weighted by Gasteiger charge is 2.39. The van der Waals surface area contributed by atoms with Gasteiger partial charge in [-0.3, -0.25) is 9.63 Å². The van der Waals surface area contributed by atoms with E-state index in [0.29, 0.717) is 12.4 Å². The predicted octanol–water partition coefficient (Wildman–Crippen LogP) is 1.88. The van der Waals surface area contributed by atoms with E-state index in [4.69, 9.17) is 9.57 Å². The second-order valence-electron chi connectivity index (χ2n) is 6.11. The number of nitrogens with zero attached hydrogens (tertiary/aromatic N) is 1. The summed E-state index contributed by atoms with van der Waals surface area (Å²) in [5.41, 5.74) is 4.09. The average molecular weight is 390 g/mol. The molecular formula is C19H22N2O5S. The molecule has 1 aliphatic rings. The largest absolute Gasteiger partial charge is 0.494 e. The summed E-state index contributed by atoms with van der Waals surface area (Å²) in [6, 6.07) is 12.8. The Bertz CT molecular complexity index is 912. The number of hydroxylamine groups is 1. The summed E-state index contributed by atoms with van der Waals surface area (Å²) in [6.45, 7) is 2.47. The Morgan fingerprint density at radius 2 is 1.81 bits per heavy atom. The number of rotatable bonds is 6. The van der Waals surface area contributed by atoms with E-state index in [9.17, 15) is 13.2 Å². The summed E-state index contributed by atoms with van der Waals surface area (Å²) in [5, 5.41) is 0. The Labute approximate surface area is 158 Å². The van der Waals surface area contributed by atoms with Gasteiger partial charge in [-0.25, -0.2) is 13.9 Å². The fourth-order valence-electron chi connectivity index (χ4n) is 3.15. The highest BCUT2D eigenvalue weighted by molar-refractivity contribution is 7.89. The molecule has 0 spiro atoms. The minimum Gasteiger partial charge on any atom is -0.494 e. The number of ether oxygens (including phenoxy) is 1. The van der Waals surface area contributed by atoms with Gasteiger partial charge in [-0.2, -0.15) is 4.31 Å². The van der Waals surface area contributed by atoms with E-state index in [1.807, 2.05) is 31.2 Å². The van der Waals surface area contributed by atoms with Crippen LogP contribution in [0.1, 0.15) is 18.1 Å². The van der Waals surface area contributed by atoms with Crippen LogP contribution in [0.15, 0.2) is 53.4 Å². The van der Waals surface area contributed by atoms with Gasteiger partial charge in [-0.1, -0.05) is 24.3 Å². The van der Waals surface area contributed by atoms with Gasteiger partial charge in [0.05, 0.1) is 18.6 Å². The summed E-state index contributed by atoms with van der Waals surface area (Å²) in [4.78, 5) is 17.3. The SMILES string of the molecule is CCOc1ccc(S(=O)(=O)N2Cc3ccccc3CC2C(=O)NOC)cc1. The molecule has 0 saturated heterocycles. The van der Waals surface area contributed by atoms with Crippen LogP contribution in [0.4, 0.5) is 0 Å². The van der Waals surface area contributed by atoms with Crippen LogP contribution >= 0.6 is 0 Å². The summed E-state index contributed by atoms with van der Waals surface area (Å²) in [5.74, 6) is 0.0932. The van der Waals surface area contributed by atoms with Crippen LogP contribution in [0.5, 0.6) is 5.75 Å². The van der Waals surface area contributed by atoms with Gasteiger partial charge >= 0.3 is 0 Å². The normalized spacial score (nSPS) is 17.2. The molecule has 0 radical (unpaired) electrons. The summed E-state index contributed by atoms with van der Waals surface area (Å²) < 4.78 is 33.1. The van der Waals surface area contributed by atoms with E-state index >= 15 is 0 Å². The van der Waals surface area contributed by atoms with Crippen molar-refractivity contribution in [2.75, 3.05) is 13.7 Å². The standard InChI is InChI=1S/C19H22N2O5S/c1-3-26-16-8-10-17(11-9-16)27(23,24)21-13-15-7-5-4-6-14(15)12-18(21)19(22)20-25-2/h4-11,18H,3,12-13H2,1-2H3,(H,20,22). The smallest absolute Gasteiger partial charge is 0.262 e. The molecule has 0 aliphatic carbocycles. The van der Waals surface area contributed by atoms with Crippen molar-refractivity contribution in [3.63, 3.8) is 0 Å². The van der Waals surface area contributed by atoms with Gasteiger partial charge in [0.2, 0.25) is 10.0 Å². The third kappa shape index (κ3) is 3.97. The molecule has 7 nitrogen and oxygen atoms in total. The number of carbonyl (C=O) groups is 1. The van der Waals surface area contributed by atoms with E-state index in [0.717, 1.165) is 11.1 Å². The molecular weight excluding hydrogens is 368 g/mol. The average Bonchev–Trinajstić information content (AvgIpc) is 2.68. The molecule has 3 rings (SSSR count). The van der Waals surface area contributed by atoms with E-state index < -0.39 is 22.0 Å². The van der Waals surface area contributed by atoms with Crippen LogP contribution in [-0.4, -0.2) is 38.4 Å². The molecule has 1 heterocycles. The van der Waals surface area contributed by atoms with Crippen molar-refractivity contribution in [2.45, 2.75) is 30.8 Å². The van der Waals surface area contributed by atoms with Crippen molar-refractivity contribution < 1.29 is 22.8 Å². The molecule has 1 atom stereocenters. The highest BCUT2D eigenvalue weighted by atomic mass is 32.2. The monoisotopic (exact) mass is 390 g/mol. The van der Waals surface area contributed by atoms with Gasteiger partial charge in [0.1, 0.15) is 11.8 Å². The van der Waals surface area contributed by atoms with Crippen molar-refractivity contribution >= 4 is 15.9 Å². The van der Waals surface area contributed by atoms with Gasteiger partial charge in [0.15, 0.2) is 0 Å². The fraction of sp³-hybridized carbons (Fsp3) is 0.316. The maximum Gasteiger partial charge on any atom is 0.262 e. The molecule has 0 bridgehead atoms. The number of benzene rings is 2. The lowest BCUT2D eigenvalue weighted by Crippen LogP contribution is -2.52. The third-order valence-corrected chi connectivity index (χ3v) is 6.32. The highest BCUT2D eigenvalue weighted by Crippen LogP contribution is 2.30. The Kier molecular flexibility index (Phi) is 5.79. The van der Waals surface area contributed by atoms with Crippen molar-refractivity contribution in [1.29, 1.82) is 0 Å². The minimum atomic E-state index is -3.89. The van der Waals surface area contributed by atoms with E-state index in [1.54, 1.807) is 12.1 Å². The van der Waals surface area contributed by atoms with Crippen LogP contribution in [0.25, 0.3) is 0 Å². The first-order chi connectivity index (χ1) is 13.0. The number of amides is 1. The Morgan fingerprint density at radius 3 is 2.44 bits per heavy atom. The molecule has 1 N–H and O–H groups in total. The summed E-state index contributed by atoms with van der Waals surface area (Å²) in [6.07, 6.45) is 0.279. The first-order valence-electron chi connectivity index (χ1n) is 8.61. The zero-order valence-corrected chi connectivity index (χ0v) is 16.0. The number of hydrogen-bond donors (Lipinski definition) is 1. The number of hydrogen-bond acceptors (Lipinski definition) is 5. The predicted molar refractivity (Wildman–Crippen MR) is 99.4 cm³/mol. The maximum atomic E-state index is 13.2. The van der Waals surface area contributed by atoms with Gasteiger partial charge in [-0.15, -0.1) is 0 Å². The van der Waals surface area contributed by atoms with Crippen molar-refractivity contribution in [2.24, 2.45) is 0 Å². The van der Waals surface area contributed by atoms with Crippen LogP contribution in [0, 0.1) is 0 Å². The van der Waals surface area contributed by atoms with Crippen molar-refractivity contribution in [3.8, 4) is 5.75 Å². The van der Waals surface area contributed by atoms with Crippen LogP contribution < -0.4 is 10.2 Å². The topological polar surface area (TPSA) is 84.9 Å². The maximum absolute atomic E-state index is 13.2. The lowest BCUT2D eigenvalue weighted by atomic mass is 9.95. The molecule has 1 aliphatic heterocycles. The Morgan fingerprint density at radius 1 is 1.15 bits per heavy atom. The summed E-state index contributed by atoms with van der Waals surface area (Å²) >= 11 is 0. The minimum absolute atomic E-state index is 0.112. The molecule has 2 aromatic carbocycles. The molecule has 8 heteroatoms. The molecule has 0 fully saturated rings. The van der Waals surface area contributed by atoms with E-state index in [-0.39, 0.29) is 17.9 Å². The van der Waals surface area contributed by atoms with Gasteiger partial charge in [-0.05, 0) is 48.7 Å². The number of nitrogens with one attached hydrogen (secondary N) is 1. The molecule has 0 aromatic heterocycles. The molecule has 0 saturated carbocycles. The first kappa shape index (κ1) is 19.3. The number of sulfonamides is 1. The first-order valence-corrected chi connectivity index (χ1v) is 10.1. The van der Waals surface area contributed by atoms with Crippen LogP contribution in [0.2, 0.25) is 0 Å². The Hall–Kier alpha value is -2.42.